The number of imide groups is 1. The lowest BCUT2D eigenvalue weighted by atomic mass is 9.97. The molecular formula is C27H28N2O3. The molecule has 3 aromatic carbocycles. The van der Waals surface area contributed by atoms with Crippen LogP contribution in [-0.4, -0.2) is 29.0 Å². The largest absolute Gasteiger partial charge is 0.494 e. The summed E-state index contributed by atoms with van der Waals surface area (Å²) >= 11 is 0. The lowest BCUT2D eigenvalue weighted by Gasteiger charge is -2.28. The maximum atomic E-state index is 13.4. The smallest absolute Gasteiger partial charge is 0.332 e. The zero-order valence-corrected chi connectivity index (χ0v) is 18.7. The first-order valence-corrected chi connectivity index (χ1v) is 10.9. The van der Waals surface area contributed by atoms with Crippen molar-refractivity contribution in [2.75, 3.05) is 11.5 Å². The second kappa shape index (κ2) is 8.87. The monoisotopic (exact) mass is 428 g/mol. The van der Waals surface area contributed by atoms with Crippen molar-refractivity contribution in [2.24, 2.45) is 0 Å². The van der Waals surface area contributed by atoms with Crippen molar-refractivity contribution in [3.8, 4) is 5.75 Å². The van der Waals surface area contributed by atoms with E-state index in [1.807, 2.05) is 57.2 Å². The minimum atomic E-state index is -0.949. The van der Waals surface area contributed by atoms with Crippen LogP contribution in [0.25, 0.3) is 0 Å². The Balaban J connectivity index is 1.61. The number of carbonyl (C=O) groups is 2. The van der Waals surface area contributed by atoms with Crippen LogP contribution >= 0.6 is 0 Å². The predicted molar refractivity (Wildman–Crippen MR) is 126 cm³/mol. The van der Waals surface area contributed by atoms with Crippen LogP contribution in [0.4, 0.5) is 10.5 Å². The number of hydrogen-bond acceptors (Lipinski definition) is 3. The molecule has 1 fully saturated rings. The molecule has 0 N–H and O–H groups in total. The number of nitrogens with zero attached hydrogens (tertiary/aromatic N) is 2. The molecule has 3 aromatic rings. The molecular weight excluding hydrogens is 400 g/mol. The highest BCUT2D eigenvalue weighted by Gasteiger charge is 2.51. The van der Waals surface area contributed by atoms with Crippen LogP contribution < -0.4 is 9.64 Å². The van der Waals surface area contributed by atoms with E-state index in [2.05, 4.69) is 18.2 Å². The van der Waals surface area contributed by atoms with Gasteiger partial charge in [-0.3, -0.25) is 4.79 Å². The van der Waals surface area contributed by atoms with E-state index in [9.17, 15) is 9.59 Å². The Kier molecular flexibility index (Phi) is 5.99. The highest BCUT2D eigenvalue weighted by Crippen LogP contribution is 2.34. The van der Waals surface area contributed by atoms with Gasteiger partial charge in [-0.25, -0.2) is 9.69 Å². The van der Waals surface area contributed by atoms with Gasteiger partial charge in [0.1, 0.15) is 11.3 Å². The third-order valence-electron chi connectivity index (χ3n) is 5.91. The number of anilines is 1. The predicted octanol–water partition coefficient (Wildman–Crippen LogP) is 5.42. The Bertz CT molecular complexity index is 1110. The fourth-order valence-electron chi connectivity index (χ4n) is 4.06. The van der Waals surface area contributed by atoms with Crippen molar-refractivity contribution >= 4 is 17.6 Å². The van der Waals surface area contributed by atoms with Crippen LogP contribution in [-0.2, 0) is 17.8 Å². The van der Waals surface area contributed by atoms with E-state index in [1.54, 1.807) is 29.2 Å². The Morgan fingerprint density at radius 1 is 0.812 bits per heavy atom. The summed E-state index contributed by atoms with van der Waals surface area (Å²) in [5, 5.41) is 0. The van der Waals surface area contributed by atoms with Gasteiger partial charge in [0, 0.05) is 6.54 Å². The molecule has 3 amide bonds. The van der Waals surface area contributed by atoms with Crippen LogP contribution in [0.2, 0.25) is 0 Å². The molecule has 0 saturated carbocycles. The Morgan fingerprint density at radius 3 is 2.09 bits per heavy atom. The van der Waals surface area contributed by atoms with E-state index >= 15 is 0 Å². The average Bonchev–Trinajstić information content (AvgIpc) is 2.96. The van der Waals surface area contributed by atoms with Crippen molar-refractivity contribution < 1.29 is 14.3 Å². The van der Waals surface area contributed by atoms with Crippen molar-refractivity contribution in [3.63, 3.8) is 0 Å². The summed E-state index contributed by atoms with van der Waals surface area (Å²) in [6, 6.07) is 25.1. The summed E-state index contributed by atoms with van der Waals surface area (Å²) in [4.78, 5) is 29.6. The summed E-state index contributed by atoms with van der Waals surface area (Å²) in [5.41, 5.74) is 3.00. The number of urea groups is 1. The topological polar surface area (TPSA) is 49.9 Å². The molecule has 4 rings (SSSR count). The van der Waals surface area contributed by atoms with E-state index in [1.165, 1.54) is 10.5 Å². The van der Waals surface area contributed by atoms with Crippen molar-refractivity contribution in [3.05, 3.63) is 95.6 Å². The number of amides is 3. The van der Waals surface area contributed by atoms with Gasteiger partial charge in [-0.05, 0) is 68.1 Å². The number of benzene rings is 3. The fourth-order valence-corrected chi connectivity index (χ4v) is 4.06. The van der Waals surface area contributed by atoms with Crippen LogP contribution in [0.3, 0.4) is 0 Å². The standard InChI is InChI=1S/C27H28N2O3/c1-4-32-24-16-14-23(15-17-24)29-25(30)27(2,3)28(26(29)31)19-22-13-9-8-12-21(22)18-20-10-6-5-7-11-20/h5-17H,4,18-19H2,1-3H3. The van der Waals surface area contributed by atoms with E-state index in [4.69, 9.17) is 4.74 Å². The minimum absolute atomic E-state index is 0.229. The molecule has 0 aromatic heterocycles. The minimum Gasteiger partial charge on any atom is -0.494 e. The van der Waals surface area contributed by atoms with Crippen LogP contribution in [0.1, 0.15) is 37.5 Å². The molecule has 1 heterocycles. The first kappa shape index (κ1) is 21.6. The lowest BCUT2D eigenvalue weighted by molar-refractivity contribution is -0.123. The zero-order valence-electron chi connectivity index (χ0n) is 18.7. The Labute approximate surface area is 189 Å². The molecule has 0 bridgehead atoms. The molecule has 0 radical (unpaired) electrons. The summed E-state index contributed by atoms with van der Waals surface area (Å²) in [6.45, 7) is 6.46. The first-order chi connectivity index (χ1) is 15.4. The van der Waals surface area contributed by atoms with Crippen molar-refractivity contribution in [2.45, 2.75) is 39.3 Å². The second-order valence-electron chi connectivity index (χ2n) is 8.43. The summed E-state index contributed by atoms with van der Waals surface area (Å²) in [7, 11) is 0. The molecule has 0 spiro atoms. The Hall–Kier alpha value is -3.60. The van der Waals surface area contributed by atoms with E-state index in [0.717, 1.165) is 17.5 Å². The van der Waals surface area contributed by atoms with Crippen LogP contribution in [0, 0.1) is 0 Å². The first-order valence-electron chi connectivity index (χ1n) is 10.9. The van der Waals surface area contributed by atoms with E-state index in [-0.39, 0.29) is 11.9 Å². The highest BCUT2D eigenvalue weighted by molar-refractivity contribution is 6.22. The summed E-state index contributed by atoms with van der Waals surface area (Å²) in [6.07, 6.45) is 0.774. The summed E-state index contributed by atoms with van der Waals surface area (Å²) in [5.74, 6) is 0.480. The van der Waals surface area contributed by atoms with Gasteiger partial charge >= 0.3 is 6.03 Å². The molecule has 32 heavy (non-hydrogen) atoms. The molecule has 5 nitrogen and oxygen atoms in total. The quantitative estimate of drug-likeness (QED) is 0.472. The maximum absolute atomic E-state index is 13.4. The van der Waals surface area contributed by atoms with Gasteiger partial charge in [-0.15, -0.1) is 0 Å². The third kappa shape index (κ3) is 4.11. The van der Waals surface area contributed by atoms with Crippen molar-refractivity contribution in [1.82, 2.24) is 4.90 Å². The van der Waals surface area contributed by atoms with Crippen LogP contribution in [0.5, 0.6) is 5.75 Å². The van der Waals surface area contributed by atoms with E-state index in [0.29, 0.717) is 24.6 Å². The van der Waals surface area contributed by atoms with Gasteiger partial charge in [-0.2, -0.15) is 0 Å². The normalized spacial score (nSPS) is 15.3. The average molecular weight is 429 g/mol. The van der Waals surface area contributed by atoms with Gasteiger partial charge in [-0.1, -0.05) is 54.6 Å². The molecule has 1 aliphatic heterocycles. The van der Waals surface area contributed by atoms with Gasteiger partial charge in [0.15, 0.2) is 0 Å². The molecule has 0 atom stereocenters. The zero-order chi connectivity index (χ0) is 22.7. The maximum Gasteiger partial charge on any atom is 0.332 e. The molecule has 5 heteroatoms. The number of rotatable bonds is 7. The lowest BCUT2D eigenvalue weighted by Crippen LogP contribution is -2.43. The fraction of sp³-hybridized carbons (Fsp3) is 0.259. The Morgan fingerprint density at radius 2 is 1.44 bits per heavy atom. The summed E-state index contributed by atoms with van der Waals surface area (Å²) < 4.78 is 5.48. The van der Waals surface area contributed by atoms with Gasteiger partial charge in [0.25, 0.3) is 5.91 Å². The van der Waals surface area contributed by atoms with Gasteiger partial charge < -0.3 is 9.64 Å². The van der Waals surface area contributed by atoms with Crippen molar-refractivity contribution in [1.29, 1.82) is 0 Å². The number of carbonyl (C=O) groups excluding carboxylic acids is 2. The third-order valence-corrected chi connectivity index (χ3v) is 5.91. The molecule has 1 saturated heterocycles. The SMILES string of the molecule is CCOc1ccc(N2C(=O)N(Cc3ccccc3Cc3ccccc3)C(C)(C)C2=O)cc1. The van der Waals surface area contributed by atoms with Crippen LogP contribution in [0.15, 0.2) is 78.9 Å². The van der Waals surface area contributed by atoms with E-state index < -0.39 is 5.54 Å². The molecule has 1 aliphatic rings. The highest BCUT2D eigenvalue weighted by atomic mass is 16.5. The van der Waals surface area contributed by atoms with Gasteiger partial charge in [0.2, 0.25) is 0 Å². The second-order valence-corrected chi connectivity index (χ2v) is 8.43. The number of ether oxygens (including phenoxy) is 1. The number of hydrogen-bond donors (Lipinski definition) is 0. The molecule has 0 aliphatic carbocycles. The molecule has 0 unspecified atom stereocenters. The molecule has 164 valence electrons. The van der Waals surface area contributed by atoms with Gasteiger partial charge in [0.05, 0.1) is 12.3 Å².